The minimum absolute atomic E-state index is 0.0911. The van der Waals surface area contributed by atoms with Crippen LogP contribution in [0.4, 0.5) is 9.18 Å². The van der Waals surface area contributed by atoms with Gasteiger partial charge < -0.3 is 15.7 Å². The molecule has 2 atom stereocenters. The lowest BCUT2D eigenvalue weighted by Gasteiger charge is -2.20. The lowest BCUT2D eigenvalue weighted by Crippen LogP contribution is -2.45. The highest BCUT2D eigenvalue weighted by molar-refractivity contribution is 5.76. The van der Waals surface area contributed by atoms with Crippen LogP contribution < -0.4 is 10.6 Å². The first-order chi connectivity index (χ1) is 9.97. The number of carboxylic acid groups (broad SMARTS) is 1. The van der Waals surface area contributed by atoms with Crippen LogP contribution in [-0.2, 0) is 4.79 Å². The molecule has 21 heavy (non-hydrogen) atoms. The summed E-state index contributed by atoms with van der Waals surface area (Å²) in [6, 6.07) is 4.90. The minimum atomic E-state index is -0.936. The van der Waals surface area contributed by atoms with E-state index in [1.807, 2.05) is 0 Å². The average Bonchev–Trinajstić information content (AvgIpc) is 3.21. The Morgan fingerprint density at radius 3 is 2.57 bits per heavy atom. The molecule has 2 unspecified atom stereocenters. The number of hydrogen-bond acceptors (Lipinski definition) is 2. The number of hydrogen-bond donors (Lipinski definition) is 3. The summed E-state index contributed by atoms with van der Waals surface area (Å²) >= 11 is 0. The number of carboxylic acids is 1. The zero-order valence-corrected chi connectivity index (χ0v) is 11.8. The fraction of sp³-hybridized carbons (Fsp3) is 0.467. The highest BCUT2D eigenvalue weighted by atomic mass is 19.1. The summed E-state index contributed by atoms with van der Waals surface area (Å²) in [6.07, 6.45) is 1.77. The summed E-state index contributed by atoms with van der Waals surface area (Å²) < 4.78 is 13.6. The van der Waals surface area contributed by atoms with Crippen molar-refractivity contribution in [2.24, 2.45) is 5.92 Å². The molecule has 0 heterocycles. The molecule has 114 valence electrons. The Hall–Kier alpha value is -2.11. The normalized spacial score (nSPS) is 16.9. The Kier molecular flexibility index (Phi) is 4.77. The molecular formula is C15H19FN2O3. The maximum absolute atomic E-state index is 13.6. The van der Waals surface area contributed by atoms with E-state index in [0.29, 0.717) is 5.56 Å². The second-order valence-electron chi connectivity index (χ2n) is 5.40. The monoisotopic (exact) mass is 294 g/mol. The van der Waals surface area contributed by atoms with Crippen molar-refractivity contribution in [2.45, 2.75) is 38.3 Å². The lowest BCUT2D eigenvalue weighted by molar-refractivity contribution is -0.137. The molecule has 5 nitrogen and oxygen atoms in total. The van der Waals surface area contributed by atoms with Crippen LogP contribution in [-0.4, -0.2) is 23.1 Å². The summed E-state index contributed by atoms with van der Waals surface area (Å²) in [5.74, 6) is -1.08. The molecule has 1 fully saturated rings. The van der Waals surface area contributed by atoms with Gasteiger partial charge in [0.1, 0.15) is 5.82 Å². The molecule has 0 spiro atoms. The fourth-order valence-corrected chi connectivity index (χ4v) is 2.33. The predicted molar refractivity (Wildman–Crippen MR) is 75.2 cm³/mol. The van der Waals surface area contributed by atoms with E-state index < -0.39 is 18.0 Å². The predicted octanol–water partition coefficient (Wildman–Crippen LogP) is 2.44. The number of carbonyl (C=O) groups excluding carboxylic acids is 1. The van der Waals surface area contributed by atoms with E-state index in [9.17, 15) is 14.0 Å². The van der Waals surface area contributed by atoms with Gasteiger partial charge in [-0.25, -0.2) is 9.18 Å². The Balaban J connectivity index is 1.91. The molecule has 1 aromatic carbocycles. The number of halogens is 1. The van der Waals surface area contributed by atoms with Crippen molar-refractivity contribution in [3.63, 3.8) is 0 Å². The zero-order valence-electron chi connectivity index (χ0n) is 11.8. The maximum atomic E-state index is 13.6. The van der Waals surface area contributed by atoms with E-state index in [-0.39, 0.29) is 24.2 Å². The van der Waals surface area contributed by atoms with Gasteiger partial charge in [-0.3, -0.25) is 4.79 Å². The molecule has 6 heteroatoms. The smallest absolute Gasteiger partial charge is 0.315 e. The average molecular weight is 294 g/mol. The molecule has 0 saturated heterocycles. The lowest BCUT2D eigenvalue weighted by atomic mass is 10.1. The van der Waals surface area contributed by atoms with E-state index in [2.05, 4.69) is 10.6 Å². The van der Waals surface area contributed by atoms with Gasteiger partial charge in [-0.1, -0.05) is 18.2 Å². The number of rotatable bonds is 6. The quantitative estimate of drug-likeness (QED) is 0.754. The summed E-state index contributed by atoms with van der Waals surface area (Å²) in [7, 11) is 0. The number of amides is 2. The molecule has 0 bridgehead atoms. The van der Waals surface area contributed by atoms with Crippen molar-refractivity contribution in [1.82, 2.24) is 10.6 Å². The molecule has 2 rings (SSSR count). The molecular weight excluding hydrogens is 275 g/mol. The van der Waals surface area contributed by atoms with E-state index in [0.717, 1.165) is 12.8 Å². The summed E-state index contributed by atoms with van der Waals surface area (Å²) in [5.41, 5.74) is 0.397. The second-order valence-corrected chi connectivity index (χ2v) is 5.40. The van der Waals surface area contributed by atoms with Gasteiger partial charge in [0.05, 0.1) is 12.5 Å². The van der Waals surface area contributed by atoms with Gasteiger partial charge in [0.15, 0.2) is 0 Å². The van der Waals surface area contributed by atoms with Crippen molar-refractivity contribution in [1.29, 1.82) is 0 Å². The standard InChI is InChI=1S/C15H19FN2O3/c1-9(11-4-2-3-5-12(11)16)17-15(21)18-13(8-14(19)20)10-6-7-10/h2-5,9-10,13H,6-8H2,1H3,(H,19,20)(H2,17,18,21). The number of nitrogens with one attached hydrogen (secondary N) is 2. The molecule has 1 aliphatic rings. The summed E-state index contributed by atoms with van der Waals surface area (Å²) in [5, 5.41) is 14.2. The fourth-order valence-electron chi connectivity index (χ4n) is 2.33. The highest BCUT2D eigenvalue weighted by Crippen LogP contribution is 2.34. The molecule has 0 aliphatic heterocycles. The van der Waals surface area contributed by atoms with Gasteiger partial charge in [-0.05, 0) is 31.7 Å². The first-order valence-electron chi connectivity index (χ1n) is 7.00. The molecule has 1 saturated carbocycles. The third-order valence-electron chi connectivity index (χ3n) is 3.62. The van der Waals surface area contributed by atoms with Crippen LogP contribution in [0.15, 0.2) is 24.3 Å². The third kappa shape index (κ3) is 4.44. The second kappa shape index (κ2) is 6.56. The molecule has 0 aromatic heterocycles. The van der Waals surface area contributed by atoms with E-state index in [4.69, 9.17) is 5.11 Å². The Morgan fingerprint density at radius 2 is 2.00 bits per heavy atom. The summed E-state index contributed by atoms with van der Waals surface area (Å²) in [6.45, 7) is 1.68. The van der Waals surface area contributed by atoms with Gasteiger partial charge in [0.25, 0.3) is 0 Å². The Labute approximate surface area is 122 Å². The van der Waals surface area contributed by atoms with Crippen LogP contribution in [0.1, 0.15) is 37.8 Å². The summed E-state index contributed by atoms with van der Waals surface area (Å²) in [4.78, 5) is 22.7. The largest absolute Gasteiger partial charge is 0.481 e. The van der Waals surface area contributed by atoms with Gasteiger partial charge in [-0.2, -0.15) is 0 Å². The Morgan fingerprint density at radius 1 is 1.33 bits per heavy atom. The van der Waals surface area contributed by atoms with Crippen molar-refractivity contribution in [3.8, 4) is 0 Å². The Bertz CT molecular complexity index is 531. The van der Waals surface area contributed by atoms with Gasteiger partial charge in [0.2, 0.25) is 0 Å². The molecule has 0 radical (unpaired) electrons. The van der Waals surface area contributed by atoms with Crippen LogP contribution in [0.3, 0.4) is 0 Å². The van der Waals surface area contributed by atoms with E-state index in [1.165, 1.54) is 6.07 Å². The van der Waals surface area contributed by atoms with Gasteiger partial charge in [-0.15, -0.1) is 0 Å². The van der Waals surface area contributed by atoms with Crippen molar-refractivity contribution >= 4 is 12.0 Å². The van der Waals surface area contributed by atoms with Crippen LogP contribution >= 0.6 is 0 Å². The molecule has 3 N–H and O–H groups in total. The SMILES string of the molecule is CC(NC(=O)NC(CC(=O)O)C1CC1)c1ccccc1F. The van der Waals surface area contributed by atoms with E-state index in [1.54, 1.807) is 25.1 Å². The molecule has 1 aromatic rings. The van der Waals surface area contributed by atoms with E-state index >= 15 is 0 Å². The first kappa shape index (κ1) is 15.3. The molecule has 2 amide bonds. The number of benzene rings is 1. The van der Waals surface area contributed by atoms with Crippen LogP contribution in [0, 0.1) is 11.7 Å². The number of carbonyl (C=O) groups is 2. The third-order valence-corrected chi connectivity index (χ3v) is 3.62. The van der Waals surface area contributed by atoms with Crippen molar-refractivity contribution in [2.75, 3.05) is 0 Å². The highest BCUT2D eigenvalue weighted by Gasteiger charge is 2.33. The minimum Gasteiger partial charge on any atom is -0.481 e. The van der Waals surface area contributed by atoms with Gasteiger partial charge >= 0.3 is 12.0 Å². The number of urea groups is 1. The first-order valence-corrected chi connectivity index (χ1v) is 7.00. The topological polar surface area (TPSA) is 78.4 Å². The van der Waals surface area contributed by atoms with Crippen LogP contribution in [0.25, 0.3) is 0 Å². The maximum Gasteiger partial charge on any atom is 0.315 e. The van der Waals surface area contributed by atoms with Crippen LogP contribution in [0.2, 0.25) is 0 Å². The molecule has 1 aliphatic carbocycles. The van der Waals surface area contributed by atoms with Crippen molar-refractivity contribution in [3.05, 3.63) is 35.6 Å². The number of aliphatic carboxylic acids is 1. The van der Waals surface area contributed by atoms with Crippen molar-refractivity contribution < 1.29 is 19.1 Å². The van der Waals surface area contributed by atoms with Crippen LogP contribution in [0.5, 0.6) is 0 Å². The zero-order chi connectivity index (χ0) is 15.4. The van der Waals surface area contributed by atoms with Gasteiger partial charge in [0, 0.05) is 11.6 Å².